The fourth-order valence-corrected chi connectivity index (χ4v) is 2.27. The Morgan fingerprint density at radius 2 is 2.15 bits per heavy atom. The van der Waals surface area contributed by atoms with E-state index in [-0.39, 0.29) is 23.8 Å². The Balaban J connectivity index is 2.61. The highest BCUT2D eigenvalue weighted by Gasteiger charge is 2.29. The zero-order valence-electron chi connectivity index (χ0n) is 12.6. The number of nitrogens with two attached hydrogens (primary N) is 1. The van der Waals surface area contributed by atoms with Gasteiger partial charge in [-0.25, -0.2) is 4.79 Å². The summed E-state index contributed by atoms with van der Waals surface area (Å²) in [6.07, 6.45) is 2.66. The van der Waals surface area contributed by atoms with E-state index < -0.39 is 12.1 Å². The summed E-state index contributed by atoms with van der Waals surface area (Å²) in [5.41, 5.74) is 5.81. The van der Waals surface area contributed by atoms with E-state index in [0.717, 1.165) is 19.4 Å². The number of esters is 1. The Kier molecular flexibility index (Phi) is 6.95. The number of hydrogen-bond donors (Lipinski definition) is 3. The Labute approximate surface area is 120 Å². The van der Waals surface area contributed by atoms with E-state index in [1.807, 2.05) is 13.8 Å². The van der Waals surface area contributed by atoms with Crippen LogP contribution < -0.4 is 16.4 Å². The van der Waals surface area contributed by atoms with Crippen LogP contribution in [0, 0.1) is 5.92 Å². The van der Waals surface area contributed by atoms with E-state index in [9.17, 15) is 9.59 Å². The molecule has 4 N–H and O–H groups in total. The van der Waals surface area contributed by atoms with Gasteiger partial charge in [0.05, 0.1) is 12.6 Å². The molecule has 1 aliphatic rings. The molecular weight excluding hydrogens is 258 g/mol. The minimum Gasteiger partial charge on any atom is -0.464 e. The molecule has 0 bridgehead atoms. The average Bonchev–Trinajstić information content (AvgIpc) is 2.90. The molecule has 3 atom stereocenters. The third-order valence-electron chi connectivity index (χ3n) is 3.59. The minimum atomic E-state index is -0.622. The highest BCUT2D eigenvalue weighted by atomic mass is 16.5. The summed E-state index contributed by atoms with van der Waals surface area (Å²) in [6.45, 7) is 6.77. The second kappa shape index (κ2) is 8.21. The fourth-order valence-electron chi connectivity index (χ4n) is 2.27. The van der Waals surface area contributed by atoms with Crippen LogP contribution in [0.3, 0.4) is 0 Å². The smallest absolute Gasteiger partial charge is 0.328 e. The van der Waals surface area contributed by atoms with Crippen molar-refractivity contribution in [1.82, 2.24) is 10.6 Å². The zero-order valence-corrected chi connectivity index (χ0v) is 12.6. The first kappa shape index (κ1) is 16.9. The van der Waals surface area contributed by atoms with Crippen molar-refractivity contribution >= 4 is 11.9 Å². The van der Waals surface area contributed by atoms with Crippen LogP contribution in [0.2, 0.25) is 0 Å². The molecule has 0 aromatic carbocycles. The van der Waals surface area contributed by atoms with Gasteiger partial charge in [-0.15, -0.1) is 0 Å². The monoisotopic (exact) mass is 285 g/mol. The van der Waals surface area contributed by atoms with E-state index >= 15 is 0 Å². The van der Waals surface area contributed by atoms with E-state index in [1.54, 1.807) is 6.92 Å². The molecule has 0 radical (unpaired) electrons. The summed E-state index contributed by atoms with van der Waals surface area (Å²) in [6, 6.07) is -0.980. The third kappa shape index (κ3) is 5.09. The zero-order chi connectivity index (χ0) is 15.1. The topological polar surface area (TPSA) is 93.5 Å². The molecule has 6 heteroatoms. The first-order valence-corrected chi connectivity index (χ1v) is 7.41. The maximum Gasteiger partial charge on any atom is 0.328 e. The van der Waals surface area contributed by atoms with E-state index in [4.69, 9.17) is 10.5 Å². The average molecular weight is 285 g/mol. The number of hydrogen-bond acceptors (Lipinski definition) is 5. The van der Waals surface area contributed by atoms with Gasteiger partial charge in [-0.05, 0) is 38.6 Å². The first-order chi connectivity index (χ1) is 9.45. The van der Waals surface area contributed by atoms with Crippen molar-refractivity contribution in [3.8, 4) is 0 Å². The van der Waals surface area contributed by atoms with Gasteiger partial charge >= 0.3 is 5.97 Å². The number of amides is 1. The number of nitrogens with one attached hydrogen (secondary N) is 2. The summed E-state index contributed by atoms with van der Waals surface area (Å²) in [5, 5.41) is 6.05. The lowest BCUT2D eigenvalue weighted by atomic mass is 10.0. The lowest BCUT2D eigenvalue weighted by Gasteiger charge is -2.23. The van der Waals surface area contributed by atoms with Crippen LogP contribution in [-0.2, 0) is 14.3 Å². The molecule has 3 unspecified atom stereocenters. The van der Waals surface area contributed by atoms with Crippen LogP contribution in [0.25, 0.3) is 0 Å². The van der Waals surface area contributed by atoms with Gasteiger partial charge in [0, 0.05) is 6.04 Å². The van der Waals surface area contributed by atoms with Gasteiger partial charge in [-0.1, -0.05) is 13.8 Å². The first-order valence-electron chi connectivity index (χ1n) is 7.41. The maximum absolute atomic E-state index is 12.0. The molecular formula is C14H27N3O3. The SMILES string of the molecule is CCOC(=O)C(CC1CCCN1)NC(=O)C(N)C(C)C. The van der Waals surface area contributed by atoms with Crippen LogP contribution in [0.15, 0.2) is 0 Å². The third-order valence-corrected chi connectivity index (χ3v) is 3.59. The molecule has 0 saturated carbocycles. The largest absolute Gasteiger partial charge is 0.464 e. The van der Waals surface area contributed by atoms with Crippen LogP contribution in [0.1, 0.15) is 40.0 Å². The number of carbonyl (C=O) groups is 2. The van der Waals surface area contributed by atoms with Gasteiger partial charge in [0.2, 0.25) is 5.91 Å². The van der Waals surface area contributed by atoms with Crippen molar-refractivity contribution in [3.63, 3.8) is 0 Å². The van der Waals surface area contributed by atoms with E-state index in [2.05, 4.69) is 10.6 Å². The normalized spacial score (nSPS) is 21.6. The van der Waals surface area contributed by atoms with Gasteiger partial charge in [0.15, 0.2) is 0 Å². The van der Waals surface area contributed by atoms with E-state index in [1.165, 1.54) is 0 Å². The van der Waals surface area contributed by atoms with Gasteiger partial charge in [0.25, 0.3) is 0 Å². The lowest BCUT2D eigenvalue weighted by molar-refractivity contribution is -0.148. The molecule has 1 aliphatic heterocycles. The molecule has 116 valence electrons. The van der Waals surface area contributed by atoms with Crippen molar-refractivity contribution in [1.29, 1.82) is 0 Å². The van der Waals surface area contributed by atoms with Crippen molar-refractivity contribution < 1.29 is 14.3 Å². The van der Waals surface area contributed by atoms with Crippen LogP contribution in [0.4, 0.5) is 0 Å². The summed E-state index contributed by atoms with van der Waals surface area (Å²) >= 11 is 0. The predicted octanol–water partition coefficient (Wildman–Crippen LogP) is 0.160. The molecule has 0 aromatic heterocycles. The highest BCUT2D eigenvalue weighted by molar-refractivity contribution is 5.87. The second-order valence-electron chi connectivity index (χ2n) is 5.61. The van der Waals surface area contributed by atoms with Crippen molar-refractivity contribution in [3.05, 3.63) is 0 Å². The number of rotatable bonds is 7. The van der Waals surface area contributed by atoms with E-state index in [0.29, 0.717) is 13.0 Å². The van der Waals surface area contributed by atoms with Crippen molar-refractivity contribution in [2.45, 2.75) is 58.2 Å². The van der Waals surface area contributed by atoms with Crippen LogP contribution >= 0.6 is 0 Å². The highest BCUT2D eigenvalue weighted by Crippen LogP contribution is 2.12. The molecule has 20 heavy (non-hydrogen) atoms. The Morgan fingerprint density at radius 1 is 1.45 bits per heavy atom. The minimum absolute atomic E-state index is 0.0300. The van der Waals surface area contributed by atoms with Gasteiger partial charge < -0.3 is 21.1 Å². The molecule has 0 aliphatic carbocycles. The molecule has 1 rings (SSSR count). The molecule has 0 spiro atoms. The Hall–Kier alpha value is -1.14. The maximum atomic E-state index is 12.0. The Morgan fingerprint density at radius 3 is 2.65 bits per heavy atom. The van der Waals surface area contributed by atoms with Gasteiger partial charge in [-0.3, -0.25) is 4.79 Å². The number of ether oxygens (including phenoxy) is 1. The molecule has 1 amide bonds. The van der Waals surface area contributed by atoms with Gasteiger partial charge in [-0.2, -0.15) is 0 Å². The summed E-state index contributed by atoms with van der Waals surface area (Å²) < 4.78 is 5.03. The fraction of sp³-hybridized carbons (Fsp3) is 0.857. The molecule has 1 fully saturated rings. The summed E-state index contributed by atoms with van der Waals surface area (Å²) in [7, 11) is 0. The molecule has 1 heterocycles. The second-order valence-corrected chi connectivity index (χ2v) is 5.61. The molecule has 1 saturated heterocycles. The number of carbonyl (C=O) groups excluding carboxylic acids is 2. The quantitative estimate of drug-likeness (QED) is 0.579. The van der Waals surface area contributed by atoms with Crippen molar-refractivity contribution in [2.24, 2.45) is 11.7 Å². The van der Waals surface area contributed by atoms with Crippen LogP contribution in [-0.4, -0.2) is 43.2 Å². The summed E-state index contributed by atoms with van der Waals surface area (Å²) in [4.78, 5) is 24.0. The van der Waals surface area contributed by atoms with Crippen molar-refractivity contribution in [2.75, 3.05) is 13.2 Å². The standard InChI is InChI=1S/C14H27N3O3/c1-4-20-14(19)11(8-10-6-5-7-16-10)17-13(18)12(15)9(2)3/h9-12,16H,4-8,15H2,1-3H3,(H,17,18). The Bertz CT molecular complexity index is 328. The van der Waals surface area contributed by atoms with Crippen LogP contribution in [0.5, 0.6) is 0 Å². The molecule has 0 aromatic rings. The summed E-state index contributed by atoms with van der Waals surface area (Å²) in [5.74, 6) is -0.649. The lowest BCUT2D eigenvalue weighted by Crippen LogP contribution is -2.52. The van der Waals surface area contributed by atoms with Gasteiger partial charge in [0.1, 0.15) is 6.04 Å². The molecule has 6 nitrogen and oxygen atoms in total. The predicted molar refractivity (Wildman–Crippen MR) is 77.0 cm³/mol.